The van der Waals surface area contributed by atoms with E-state index >= 15 is 0 Å². The Labute approximate surface area is 115 Å². The Balaban J connectivity index is 2.36. The number of halogens is 2. The van der Waals surface area contributed by atoms with Crippen molar-refractivity contribution in [2.45, 2.75) is 18.9 Å². The first-order valence-electron chi connectivity index (χ1n) is 5.63. The normalized spacial score (nSPS) is 16.9. The van der Waals surface area contributed by atoms with Crippen LogP contribution in [-0.2, 0) is 0 Å². The fourth-order valence-corrected chi connectivity index (χ4v) is 2.38. The van der Waals surface area contributed by atoms with Crippen molar-refractivity contribution in [3.05, 3.63) is 32.3 Å². The van der Waals surface area contributed by atoms with Crippen LogP contribution in [0.5, 0.6) is 0 Å². The number of nitrogens with zero attached hydrogens (tertiary/aromatic N) is 2. The van der Waals surface area contributed by atoms with Gasteiger partial charge in [0.15, 0.2) is 0 Å². The largest absolute Gasteiger partial charge is 0.366 e. The molecule has 2 rings (SSSR count). The summed E-state index contributed by atoms with van der Waals surface area (Å²) in [6, 6.07) is 3.02. The lowest BCUT2D eigenvalue weighted by molar-refractivity contribution is -0.384. The number of hydrogen-bond acceptors (Lipinski definition) is 4. The standard InChI is InChI=1S/C11H13Cl2N3O2/c12-8-5-10(11(16(17)18)6-9(8)13)15-3-1-7(14)2-4-15/h5-7H,1-4,14H2. The van der Waals surface area contributed by atoms with E-state index in [1.807, 2.05) is 4.90 Å². The second-order valence-electron chi connectivity index (χ2n) is 4.34. The maximum Gasteiger partial charge on any atom is 0.294 e. The van der Waals surface area contributed by atoms with Gasteiger partial charge in [-0.15, -0.1) is 0 Å². The molecular formula is C11H13Cl2N3O2. The van der Waals surface area contributed by atoms with Crippen molar-refractivity contribution in [3.8, 4) is 0 Å². The van der Waals surface area contributed by atoms with Gasteiger partial charge in [-0.1, -0.05) is 23.2 Å². The lowest BCUT2D eigenvalue weighted by Gasteiger charge is -2.31. The molecule has 2 N–H and O–H groups in total. The molecule has 7 heteroatoms. The highest BCUT2D eigenvalue weighted by atomic mass is 35.5. The smallest absolute Gasteiger partial charge is 0.294 e. The second kappa shape index (κ2) is 5.30. The summed E-state index contributed by atoms with van der Waals surface area (Å²) in [6.07, 6.45) is 1.63. The fourth-order valence-electron chi connectivity index (χ4n) is 2.07. The molecular weight excluding hydrogens is 277 g/mol. The molecule has 0 amide bonds. The average Bonchev–Trinajstić information content (AvgIpc) is 2.33. The van der Waals surface area contributed by atoms with Crippen LogP contribution in [0.2, 0.25) is 10.0 Å². The zero-order valence-corrected chi connectivity index (χ0v) is 11.1. The second-order valence-corrected chi connectivity index (χ2v) is 5.15. The van der Waals surface area contributed by atoms with Gasteiger partial charge in [-0.3, -0.25) is 10.1 Å². The van der Waals surface area contributed by atoms with Crippen molar-refractivity contribution in [1.82, 2.24) is 0 Å². The molecule has 0 saturated carbocycles. The van der Waals surface area contributed by atoms with Crippen molar-refractivity contribution >= 4 is 34.6 Å². The van der Waals surface area contributed by atoms with Crippen molar-refractivity contribution in [1.29, 1.82) is 0 Å². The number of nitro groups is 1. The van der Waals surface area contributed by atoms with Gasteiger partial charge in [-0.25, -0.2) is 0 Å². The van der Waals surface area contributed by atoms with Crippen LogP contribution in [-0.4, -0.2) is 24.1 Å². The highest BCUT2D eigenvalue weighted by molar-refractivity contribution is 6.42. The summed E-state index contributed by atoms with van der Waals surface area (Å²) in [5.41, 5.74) is 6.32. The molecule has 1 saturated heterocycles. The number of nitro benzene ring substituents is 1. The van der Waals surface area contributed by atoms with Gasteiger partial charge >= 0.3 is 0 Å². The Kier molecular flexibility index (Phi) is 3.94. The molecule has 1 fully saturated rings. The third kappa shape index (κ3) is 2.68. The summed E-state index contributed by atoms with van der Waals surface area (Å²) < 4.78 is 0. The first-order valence-corrected chi connectivity index (χ1v) is 6.38. The van der Waals surface area contributed by atoms with Gasteiger partial charge in [-0.05, 0) is 18.9 Å². The summed E-state index contributed by atoms with van der Waals surface area (Å²) in [5, 5.41) is 11.6. The number of hydrogen-bond donors (Lipinski definition) is 1. The molecule has 1 aromatic rings. The van der Waals surface area contributed by atoms with Crippen LogP contribution >= 0.6 is 23.2 Å². The van der Waals surface area contributed by atoms with Crippen LogP contribution in [0.1, 0.15) is 12.8 Å². The van der Waals surface area contributed by atoms with Crippen molar-refractivity contribution in [2.24, 2.45) is 5.73 Å². The predicted octanol–water partition coefficient (Wildman–Crippen LogP) is 2.83. The molecule has 0 bridgehead atoms. The Morgan fingerprint density at radius 1 is 1.28 bits per heavy atom. The average molecular weight is 290 g/mol. The Bertz CT molecular complexity index is 474. The number of benzene rings is 1. The summed E-state index contributed by atoms with van der Waals surface area (Å²) in [6.45, 7) is 1.39. The van der Waals surface area contributed by atoms with E-state index in [9.17, 15) is 10.1 Å². The van der Waals surface area contributed by atoms with Crippen LogP contribution < -0.4 is 10.6 Å². The van der Waals surface area contributed by atoms with Gasteiger partial charge < -0.3 is 10.6 Å². The van der Waals surface area contributed by atoms with Crippen LogP contribution in [0, 0.1) is 10.1 Å². The van der Waals surface area contributed by atoms with Gasteiger partial charge in [0, 0.05) is 25.2 Å². The van der Waals surface area contributed by atoms with E-state index in [4.69, 9.17) is 28.9 Å². The van der Waals surface area contributed by atoms with Crippen molar-refractivity contribution in [2.75, 3.05) is 18.0 Å². The SMILES string of the molecule is NC1CCN(c2cc(Cl)c(Cl)cc2[N+](=O)[O-])CC1. The first kappa shape index (κ1) is 13.4. The van der Waals surface area contributed by atoms with Gasteiger partial charge in [0.05, 0.1) is 15.0 Å². The fraction of sp³-hybridized carbons (Fsp3) is 0.455. The van der Waals surface area contributed by atoms with E-state index in [1.54, 1.807) is 6.07 Å². The first-order chi connectivity index (χ1) is 8.49. The minimum Gasteiger partial charge on any atom is -0.366 e. The van der Waals surface area contributed by atoms with E-state index in [0.29, 0.717) is 23.8 Å². The topological polar surface area (TPSA) is 72.4 Å². The Hall–Kier alpha value is -1.04. The van der Waals surface area contributed by atoms with E-state index in [1.165, 1.54) is 6.07 Å². The quantitative estimate of drug-likeness (QED) is 0.671. The monoisotopic (exact) mass is 289 g/mol. The molecule has 1 aliphatic heterocycles. The Morgan fingerprint density at radius 2 is 1.83 bits per heavy atom. The molecule has 0 aromatic heterocycles. The van der Waals surface area contributed by atoms with E-state index in [-0.39, 0.29) is 16.8 Å². The highest BCUT2D eigenvalue weighted by Crippen LogP contribution is 2.37. The summed E-state index contributed by atoms with van der Waals surface area (Å²) >= 11 is 11.7. The number of nitrogens with two attached hydrogens (primary N) is 1. The van der Waals surface area contributed by atoms with E-state index < -0.39 is 4.92 Å². The molecule has 5 nitrogen and oxygen atoms in total. The van der Waals surface area contributed by atoms with Crippen molar-refractivity contribution < 1.29 is 4.92 Å². The number of piperidine rings is 1. The molecule has 0 atom stereocenters. The zero-order chi connectivity index (χ0) is 13.3. The predicted molar refractivity (Wildman–Crippen MR) is 72.5 cm³/mol. The van der Waals surface area contributed by atoms with Crippen LogP contribution in [0.3, 0.4) is 0 Å². The molecule has 1 aromatic carbocycles. The summed E-state index contributed by atoms with van der Waals surface area (Å²) in [7, 11) is 0. The van der Waals surface area contributed by atoms with Gasteiger partial charge in [0.25, 0.3) is 5.69 Å². The maximum absolute atomic E-state index is 11.0. The van der Waals surface area contributed by atoms with Crippen LogP contribution in [0.15, 0.2) is 12.1 Å². The molecule has 0 spiro atoms. The highest BCUT2D eigenvalue weighted by Gasteiger charge is 2.24. The van der Waals surface area contributed by atoms with Crippen LogP contribution in [0.4, 0.5) is 11.4 Å². The molecule has 0 aliphatic carbocycles. The molecule has 98 valence electrons. The summed E-state index contributed by atoms with van der Waals surface area (Å²) in [5.74, 6) is 0. The van der Waals surface area contributed by atoms with Crippen LogP contribution in [0.25, 0.3) is 0 Å². The minimum absolute atomic E-state index is 0.0140. The van der Waals surface area contributed by atoms with Gasteiger partial charge in [0.1, 0.15) is 5.69 Å². The maximum atomic E-state index is 11.0. The molecule has 1 aliphatic rings. The minimum atomic E-state index is -0.438. The Morgan fingerprint density at radius 3 is 2.39 bits per heavy atom. The third-order valence-corrected chi connectivity index (χ3v) is 3.82. The van der Waals surface area contributed by atoms with Gasteiger partial charge in [0.2, 0.25) is 0 Å². The zero-order valence-electron chi connectivity index (χ0n) is 9.60. The molecule has 0 unspecified atom stereocenters. The third-order valence-electron chi connectivity index (χ3n) is 3.09. The van der Waals surface area contributed by atoms with Gasteiger partial charge in [-0.2, -0.15) is 0 Å². The number of anilines is 1. The molecule has 0 radical (unpaired) electrons. The summed E-state index contributed by atoms with van der Waals surface area (Å²) in [4.78, 5) is 12.5. The number of rotatable bonds is 2. The van der Waals surface area contributed by atoms with Crippen molar-refractivity contribution in [3.63, 3.8) is 0 Å². The lowest BCUT2D eigenvalue weighted by atomic mass is 10.1. The lowest BCUT2D eigenvalue weighted by Crippen LogP contribution is -2.39. The van der Waals surface area contributed by atoms with E-state index in [0.717, 1.165) is 12.8 Å². The molecule has 18 heavy (non-hydrogen) atoms. The van der Waals surface area contributed by atoms with E-state index in [2.05, 4.69) is 0 Å². The molecule has 1 heterocycles.